The second kappa shape index (κ2) is 6.20. The van der Waals surface area contributed by atoms with Gasteiger partial charge in [0, 0.05) is 19.7 Å². The van der Waals surface area contributed by atoms with E-state index < -0.39 is 11.7 Å². The number of halogens is 3. The van der Waals surface area contributed by atoms with Crippen LogP contribution in [0.2, 0.25) is 0 Å². The molecule has 0 heterocycles. The van der Waals surface area contributed by atoms with Crippen molar-refractivity contribution in [1.82, 2.24) is 5.32 Å². The number of nitrogens with one attached hydrogen (secondary N) is 1. The highest BCUT2D eigenvalue weighted by Gasteiger charge is 2.30. The number of hydrogen-bond acceptors (Lipinski definition) is 2. The van der Waals surface area contributed by atoms with Gasteiger partial charge in [-0.25, -0.2) is 0 Å². The lowest BCUT2D eigenvalue weighted by atomic mass is 10.1. The molecule has 0 amide bonds. The number of hydrogen-bond donors (Lipinski definition) is 1. The maximum absolute atomic E-state index is 12.5. The summed E-state index contributed by atoms with van der Waals surface area (Å²) in [6.45, 7) is 4.23. The summed E-state index contributed by atoms with van der Waals surface area (Å²) in [6.07, 6.45) is -4.28. The zero-order valence-electron chi connectivity index (χ0n) is 10.7. The predicted octanol–water partition coefficient (Wildman–Crippen LogP) is 3.22. The van der Waals surface area contributed by atoms with Crippen molar-refractivity contribution in [1.29, 1.82) is 0 Å². The van der Waals surface area contributed by atoms with Gasteiger partial charge < -0.3 is 10.1 Å². The van der Waals surface area contributed by atoms with Crippen molar-refractivity contribution in [3.63, 3.8) is 0 Å². The Labute approximate surface area is 105 Å². The SMILES string of the molecule is COC(C)C(C)NCc1cccc(C(F)(F)F)c1. The van der Waals surface area contributed by atoms with Crippen LogP contribution in [0.5, 0.6) is 0 Å². The van der Waals surface area contributed by atoms with Gasteiger partial charge in [0.1, 0.15) is 0 Å². The first kappa shape index (κ1) is 15.0. The van der Waals surface area contributed by atoms with Crippen LogP contribution in [0.3, 0.4) is 0 Å². The van der Waals surface area contributed by atoms with E-state index in [2.05, 4.69) is 5.32 Å². The molecule has 0 aliphatic heterocycles. The van der Waals surface area contributed by atoms with Gasteiger partial charge in [0.05, 0.1) is 11.7 Å². The van der Waals surface area contributed by atoms with Crippen LogP contribution in [0, 0.1) is 0 Å². The van der Waals surface area contributed by atoms with Crippen molar-refractivity contribution >= 4 is 0 Å². The first-order chi connectivity index (χ1) is 8.34. The van der Waals surface area contributed by atoms with E-state index in [9.17, 15) is 13.2 Å². The Morgan fingerprint density at radius 1 is 1.28 bits per heavy atom. The molecule has 2 atom stereocenters. The minimum atomic E-state index is -4.29. The van der Waals surface area contributed by atoms with Gasteiger partial charge in [-0.3, -0.25) is 0 Å². The van der Waals surface area contributed by atoms with E-state index in [4.69, 9.17) is 4.74 Å². The summed E-state index contributed by atoms with van der Waals surface area (Å²) in [5, 5.41) is 3.14. The van der Waals surface area contributed by atoms with Crippen molar-refractivity contribution < 1.29 is 17.9 Å². The van der Waals surface area contributed by atoms with E-state index in [1.807, 2.05) is 13.8 Å². The average molecular weight is 261 g/mol. The van der Waals surface area contributed by atoms with Crippen LogP contribution in [0.25, 0.3) is 0 Å². The molecule has 2 unspecified atom stereocenters. The van der Waals surface area contributed by atoms with E-state index in [0.717, 1.165) is 12.1 Å². The summed E-state index contributed by atoms with van der Waals surface area (Å²) >= 11 is 0. The fourth-order valence-electron chi connectivity index (χ4n) is 1.51. The molecule has 1 N–H and O–H groups in total. The minimum absolute atomic E-state index is 0.01000. The average Bonchev–Trinajstić information content (AvgIpc) is 2.34. The van der Waals surface area contributed by atoms with E-state index >= 15 is 0 Å². The third-order valence-electron chi connectivity index (χ3n) is 2.96. The highest BCUT2D eigenvalue weighted by atomic mass is 19.4. The van der Waals surface area contributed by atoms with Crippen molar-refractivity contribution in [2.75, 3.05) is 7.11 Å². The smallest absolute Gasteiger partial charge is 0.380 e. The maximum Gasteiger partial charge on any atom is 0.416 e. The molecule has 0 bridgehead atoms. The van der Waals surface area contributed by atoms with E-state index in [0.29, 0.717) is 12.1 Å². The molecule has 0 saturated heterocycles. The Balaban J connectivity index is 2.63. The molecule has 0 fully saturated rings. The number of methoxy groups -OCH3 is 1. The van der Waals surface area contributed by atoms with E-state index in [1.54, 1.807) is 13.2 Å². The van der Waals surface area contributed by atoms with Crippen LogP contribution in [0.15, 0.2) is 24.3 Å². The molecule has 102 valence electrons. The highest BCUT2D eigenvalue weighted by Crippen LogP contribution is 2.29. The molecule has 0 radical (unpaired) electrons. The monoisotopic (exact) mass is 261 g/mol. The minimum Gasteiger partial charge on any atom is -0.380 e. The number of ether oxygens (including phenoxy) is 1. The molecule has 1 aromatic carbocycles. The van der Waals surface area contributed by atoms with Crippen LogP contribution >= 0.6 is 0 Å². The summed E-state index contributed by atoms with van der Waals surface area (Å²) in [7, 11) is 1.60. The number of rotatable bonds is 5. The lowest BCUT2D eigenvalue weighted by molar-refractivity contribution is -0.137. The number of alkyl halides is 3. The first-order valence-corrected chi connectivity index (χ1v) is 5.77. The van der Waals surface area contributed by atoms with Gasteiger partial charge in [0.2, 0.25) is 0 Å². The Kier molecular flexibility index (Phi) is 5.16. The third kappa shape index (κ3) is 4.31. The molecular weight excluding hydrogens is 243 g/mol. The zero-order valence-corrected chi connectivity index (χ0v) is 10.7. The lowest BCUT2D eigenvalue weighted by Gasteiger charge is -2.20. The molecule has 0 aromatic heterocycles. The van der Waals surface area contributed by atoms with Gasteiger partial charge in [-0.15, -0.1) is 0 Å². The summed E-state index contributed by atoms with van der Waals surface area (Å²) in [5.41, 5.74) is -0.00535. The molecular formula is C13H18F3NO. The molecule has 1 rings (SSSR count). The van der Waals surface area contributed by atoms with Gasteiger partial charge in [0.25, 0.3) is 0 Å². The summed E-state index contributed by atoms with van der Waals surface area (Å²) in [6, 6.07) is 5.41. The van der Waals surface area contributed by atoms with Gasteiger partial charge >= 0.3 is 6.18 Å². The predicted molar refractivity (Wildman–Crippen MR) is 64.2 cm³/mol. The van der Waals surface area contributed by atoms with Gasteiger partial charge in [-0.1, -0.05) is 18.2 Å². The molecule has 0 saturated carbocycles. The molecule has 0 spiro atoms. The number of benzene rings is 1. The van der Waals surface area contributed by atoms with Crippen molar-refractivity contribution in [2.24, 2.45) is 0 Å². The quantitative estimate of drug-likeness (QED) is 0.878. The summed E-state index contributed by atoms with van der Waals surface area (Å²) in [4.78, 5) is 0. The molecule has 1 aromatic rings. The van der Waals surface area contributed by atoms with Crippen molar-refractivity contribution in [3.8, 4) is 0 Å². The highest BCUT2D eigenvalue weighted by molar-refractivity contribution is 5.25. The van der Waals surface area contributed by atoms with Gasteiger partial charge in [-0.2, -0.15) is 13.2 Å². The maximum atomic E-state index is 12.5. The molecule has 0 aliphatic rings. The third-order valence-corrected chi connectivity index (χ3v) is 2.96. The second-order valence-corrected chi connectivity index (χ2v) is 4.31. The zero-order chi connectivity index (χ0) is 13.8. The Morgan fingerprint density at radius 3 is 2.50 bits per heavy atom. The van der Waals surface area contributed by atoms with Gasteiger partial charge in [0.15, 0.2) is 0 Å². The van der Waals surface area contributed by atoms with Crippen LogP contribution in [0.4, 0.5) is 13.2 Å². The Morgan fingerprint density at radius 2 is 1.94 bits per heavy atom. The van der Waals surface area contributed by atoms with Crippen LogP contribution in [-0.4, -0.2) is 19.3 Å². The van der Waals surface area contributed by atoms with E-state index in [-0.39, 0.29) is 12.1 Å². The van der Waals surface area contributed by atoms with Crippen molar-refractivity contribution in [3.05, 3.63) is 35.4 Å². The summed E-state index contributed by atoms with van der Waals surface area (Å²) in [5.74, 6) is 0. The van der Waals surface area contributed by atoms with E-state index in [1.165, 1.54) is 6.07 Å². The van der Waals surface area contributed by atoms with Crippen LogP contribution in [0.1, 0.15) is 25.0 Å². The fourth-order valence-corrected chi connectivity index (χ4v) is 1.51. The van der Waals surface area contributed by atoms with Crippen LogP contribution < -0.4 is 5.32 Å². The lowest BCUT2D eigenvalue weighted by Crippen LogP contribution is -2.36. The van der Waals surface area contributed by atoms with Crippen molar-refractivity contribution in [2.45, 2.75) is 38.7 Å². The normalized spacial score (nSPS) is 15.4. The topological polar surface area (TPSA) is 21.3 Å². The molecule has 18 heavy (non-hydrogen) atoms. The largest absolute Gasteiger partial charge is 0.416 e. The van der Waals surface area contributed by atoms with Crippen LogP contribution in [-0.2, 0) is 17.5 Å². The molecule has 2 nitrogen and oxygen atoms in total. The molecule has 0 aliphatic carbocycles. The standard InChI is InChI=1S/C13H18F3NO/c1-9(10(2)18-3)17-8-11-5-4-6-12(7-11)13(14,15)16/h4-7,9-10,17H,8H2,1-3H3. The van der Waals surface area contributed by atoms with Gasteiger partial charge in [-0.05, 0) is 25.5 Å². The molecule has 5 heteroatoms. The summed E-state index contributed by atoms with van der Waals surface area (Å²) < 4.78 is 42.7. The first-order valence-electron chi connectivity index (χ1n) is 5.77. The second-order valence-electron chi connectivity index (χ2n) is 4.31. The Bertz CT molecular complexity index is 379. The Hall–Kier alpha value is -1.07. The fraction of sp³-hybridized carbons (Fsp3) is 0.538.